The average molecular weight is 265 g/mol. The molecule has 0 aliphatic carbocycles. The highest BCUT2D eigenvalue weighted by molar-refractivity contribution is 5.30. The van der Waals surface area contributed by atoms with Crippen molar-refractivity contribution in [3.8, 4) is 0 Å². The van der Waals surface area contributed by atoms with Gasteiger partial charge >= 0.3 is 0 Å². The topological polar surface area (TPSA) is 56.1 Å². The van der Waals surface area contributed by atoms with Crippen LogP contribution in [0, 0.1) is 5.92 Å². The Morgan fingerprint density at radius 1 is 1.53 bits per heavy atom. The molecule has 0 saturated carbocycles. The normalized spacial score (nSPS) is 10.7. The van der Waals surface area contributed by atoms with Crippen molar-refractivity contribution in [2.75, 3.05) is 25.1 Å². The average Bonchev–Trinajstić information content (AvgIpc) is 2.37. The van der Waals surface area contributed by atoms with Crippen LogP contribution in [-0.4, -0.2) is 29.3 Å². The van der Waals surface area contributed by atoms with Gasteiger partial charge in [0.05, 0.1) is 13.2 Å². The molecule has 106 valence electrons. The lowest BCUT2D eigenvalue weighted by Gasteiger charge is -2.10. The van der Waals surface area contributed by atoms with Crippen LogP contribution < -0.4 is 10.9 Å². The molecule has 1 rings (SSSR count). The third kappa shape index (κ3) is 5.70. The zero-order valence-electron chi connectivity index (χ0n) is 11.8. The maximum Gasteiger partial charge on any atom is 0.293 e. The number of nitrogens with zero attached hydrogens (tertiary/aromatic N) is 2. The van der Waals surface area contributed by atoms with E-state index in [2.05, 4.69) is 30.7 Å². The zero-order valence-corrected chi connectivity index (χ0v) is 11.8. The smallest absolute Gasteiger partial charge is 0.293 e. The summed E-state index contributed by atoms with van der Waals surface area (Å²) in [5.74, 6) is 0.811. The van der Waals surface area contributed by atoms with Gasteiger partial charge in [0, 0.05) is 25.5 Å². The number of ether oxygens (including phenoxy) is 1. The second-order valence-corrected chi connectivity index (χ2v) is 4.74. The van der Waals surface area contributed by atoms with Crippen LogP contribution in [0.15, 0.2) is 29.8 Å². The van der Waals surface area contributed by atoms with Crippen LogP contribution in [0.1, 0.15) is 20.3 Å². The molecule has 0 aromatic carbocycles. The Bertz CT molecular complexity index is 441. The SMILES string of the molecule is C=CCCOCCNc1nccn(CC(C)C)c1=O. The van der Waals surface area contributed by atoms with E-state index in [0.29, 0.717) is 38.0 Å². The van der Waals surface area contributed by atoms with E-state index in [-0.39, 0.29) is 5.56 Å². The van der Waals surface area contributed by atoms with Gasteiger partial charge in [0.25, 0.3) is 5.56 Å². The Kier molecular flexibility index (Phi) is 6.89. The highest BCUT2D eigenvalue weighted by Gasteiger charge is 2.05. The van der Waals surface area contributed by atoms with Crippen molar-refractivity contribution in [1.82, 2.24) is 9.55 Å². The maximum atomic E-state index is 12.1. The van der Waals surface area contributed by atoms with E-state index in [1.165, 1.54) is 0 Å². The molecule has 19 heavy (non-hydrogen) atoms. The van der Waals surface area contributed by atoms with Crippen LogP contribution in [0.3, 0.4) is 0 Å². The molecule has 0 aliphatic rings. The third-order valence-corrected chi connectivity index (χ3v) is 2.48. The molecule has 0 radical (unpaired) electrons. The van der Waals surface area contributed by atoms with Gasteiger partial charge in [-0.25, -0.2) is 4.98 Å². The summed E-state index contributed by atoms with van der Waals surface area (Å²) in [6.07, 6.45) is 6.01. The van der Waals surface area contributed by atoms with Crippen molar-refractivity contribution < 1.29 is 4.74 Å². The summed E-state index contributed by atoms with van der Waals surface area (Å²) < 4.78 is 7.04. The molecule has 5 heteroatoms. The fourth-order valence-corrected chi connectivity index (χ4v) is 1.62. The first-order valence-electron chi connectivity index (χ1n) is 6.63. The molecule has 5 nitrogen and oxygen atoms in total. The number of rotatable bonds is 9. The summed E-state index contributed by atoms with van der Waals surface area (Å²) in [5.41, 5.74) is -0.0812. The van der Waals surface area contributed by atoms with Crippen LogP contribution in [0.4, 0.5) is 5.82 Å². The first-order valence-corrected chi connectivity index (χ1v) is 6.63. The first kappa shape index (κ1) is 15.4. The van der Waals surface area contributed by atoms with Crippen LogP contribution in [0.2, 0.25) is 0 Å². The molecular weight excluding hydrogens is 242 g/mol. The van der Waals surface area contributed by atoms with Gasteiger partial charge < -0.3 is 14.6 Å². The molecule has 0 bridgehead atoms. The summed E-state index contributed by atoms with van der Waals surface area (Å²) in [5, 5.41) is 3.01. The Morgan fingerprint density at radius 2 is 2.32 bits per heavy atom. The molecule has 0 saturated heterocycles. The standard InChI is InChI=1S/C14H23N3O2/c1-4-5-9-19-10-7-16-13-14(18)17(8-6-15-13)11-12(2)3/h4,6,8,12H,1,5,7,9-11H2,2-3H3,(H,15,16). The van der Waals surface area contributed by atoms with Crippen LogP contribution in [-0.2, 0) is 11.3 Å². The first-order chi connectivity index (χ1) is 9.15. The number of anilines is 1. The van der Waals surface area contributed by atoms with E-state index >= 15 is 0 Å². The molecule has 0 amide bonds. The Hall–Kier alpha value is -1.62. The van der Waals surface area contributed by atoms with Gasteiger partial charge in [0.15, 0.2) is 5.82 Å². The van der Waals surface area contributed by atoms with Gasteiger partial charge in [0.2, 0.25) is 0 Å². The molecule has 0 fully saturated rings. The second kappa shape index (κ2) is 8.48. The fourth-order valence-electron chi connectivity index (χ4n) is 1.62. The predicted octanol–water partition coefficient (Wildman–Crippen LogP) is 1.90. The Labute approximate surface area is 114 Å². The van der Waals surface area contributed by atoms with Gasteiger partial charge in [-0.15, -0.1) is 6.58 Å². The quantitative estimate of drug-likeness (QED) is 0.547. The minimum atomic E-state index is -0.0812. The Morgan fingerprint density at radius 3 is 3.00 bits per heavy atom. The number of hydrogen-bond donors (Lipinski definition) is 1. The molecule has 0 aliphatic heterocycles. The summed E-state index contributed by atoms with van der Waals surface area (Å²) >= 11 is 0. The lowest BCUT2D eigenvalue weighted by atomic mass is 10.2. The van der Waals surface area contributed by atoms with Crippen molar-refractivity contribution in [2.45, 2.75) is 26.8 Å². The van der Waals surface area contributed by atoms with E-state index in [1.54, 1.807) is 17.0 Å². The van der Waals surface area contributed by atoms with E-state index in [1.807, 2.05) is 6.08 Å². The molecule has 0 unspecified atom stereocenters. The van der Waals surface area contributed by atoms with E-state index in [0.717, 1.165) is 6.42 Å². The van der Waals surface area contributed by atoms with E-state index in [9.17, 15) is 4.79 Å². The molecule has 1 aromatic heterocycles. The summed E-state index contributed by atoms with van der Waals surface area (Å²) in [4.78, 5) is 16.1. The van der Waals surface area contributed by atoms with Gasteiger partial charge in [-0.1, -0.05) is 19.9 Å². The monoisotopic (exact) mass is 265 g/mol. The largest absolute Gasteiger partial charge is 0.379 e. The predicted molar refractivity (Wildman–Crippen MR) is 77.5 cm³/mol. The number of hydrogen-bond acceptors (Lipinski definition) is 4. The van der Waals surface area contributed by atoms with Crippen LogP contribution in [0.25, 0.3) is 0 Å². The summed E-state index contributed by atoms with van der Waals surface area (Å²) in [7, 11) is 0. The van der Waals surface area contributed by atoms with Crippen molar-refractivity contribution in [3.05, 3.63) is 35.4 Å². The van der Waals surface area contributed by atoms with Gasteiger partial charge in [0.1, 0.15) is 0 Å². The van der Waals surface area contributed by atoms with Crippen LogP contribution in [0.5, 0.6) is 0 Å². The van der Waals surface area contributed by atoms with E-state index < -0.39 is 0 Å². The number of nitrogens with one attached hydrogen (secondary N) is 1. The highest BCUT2D eigenvalue weighted by Crippen LogP contribution is 1.98. The molecule has 0 atom stereocenters. The van der Waals surface area contributed by atoms with Crippen molar-refractivity contribution in [3.63, 3.8) is 0 Å². The highest BCUT2D eigenvalue weighted by atomic mass is 16.5. The maximum absolute atomic E-state index is 12.1. The van der Waals surface area contributed by atoms with Gasteiger partial charge in [-0.3, -0.25) is 4.79 Å². The number of aromatic nitrogens is 2. The molecule has 1 aromatic rings. The van der Waals surface area contributed by atoms with Crippen LogP contribution >= 0.6 is 0 Å². The lowest BCUT2D eigenvalue weighted by molar-refractivity contribution is 0.149. The molecular formula is C14H23N3O2. The second-order valence-electron chi connectivity index (χ2n) is 4.74. The lowest BCUT2D eigenvalue weighted by Crippen LogP contribution is -2.27. The fraction of sp³-hybridized carbons (Fsp3) is 0.571. The Balaban J connectivity index is 2.45. The summed E-state index contributed by atoms with van der Waals surface area (Å²) in [6, 6.07) is 0. The zero-order chi connectivity index (χ0) is 14.1. The molecule has 0 spiro atoms. The van der Waals surface area contributed by atoms with Crippen molar-refractivity contribution in [1.29, 1.82) is 0 Å². The molecule has 1 heterocycles. The van der Waals surface area contributed by atoms with Gasteiger partial charge in [-0.2, -0.15) is 0 Å². The van der Waals surface area contributed by atoms with Crippen molar-refractivity contribution in [2.24, 2.45) is 5.92 Å². The van der Waals surface area contributed by atoms with Gasteiger partial charge in [-0.05, 0) is 12.3 Å². The minimum absolute atomic E-state index is 0.0812. The van der Waals surface area contributed by atoms with Crippen molar-refractivity contribution >= 4 is 5.82 Å². The van der Waals surface area contributed by atoms with E-state index in [4.69, 9.17) is 4.74 Å². The molecule has 1 N–H and O–H groups in total. The summed E-state index contributed by atoms with van der Waals surface area (Å²) in [6.45, 7) is 10.3. The minimum Gasteiger partial charge on any atom is -0.379 e. The third-order valence-electron chi connectivity index (χ3n) is 2.48.